The molecule has 0 aliphatic heterocycles. The van der Waals surface area contributed by atoms with Gasteiger partial charge in [-0.05, 0) is 61.6 Å². The summed E-state index contributed by atoms with van der Waals surface area (Å²) in [4.78, 5) is 11.0. The minimum atomic E-state index is -0.274. The van der Waals surface area contributed by atoms with Gasteiger partial charge in [-0.1, -0.05) is 12.1 Å². The molecular formula is C18H17FO2. The summed E-state index contributed by atoms with van der Waals surface area (Å²) in [6, 6.07) is 11.6. The lowest BCUT2D eigenvalue weighted by atomic mass is 10.0. The maximum Gasteiger partial charge on any atom is 0.150 e. The van der Waals surface area contributed by atoms with Gasteiger partial charge in [-0.3, -0.25) is 4.79 Å². The molecule has 1 aliphatic rings. The number of hydrogen-bond acceptors (Lipinski definition) is 2. The van der Waals surface area contributed by atoms with Crippen LogP contribution in [0.3, 0.4) is 0 Å². The zero-order valence-corrected chi connectivity index (χ0v) is 11.7. The molecule has 3 rings (SSSR count). The Bertz CT molecular complexity index is 628. The van der Waals surface area contributed by atoms with Crippen molar-refractivity contribution in [1.82, 2.24) is 0 Å². The fourth-order valence-corrected chi connectivity index (χ4v) is 2.76. The number of carbonyl (C=O) groups is 1. The van der Waals surface area contributed by atoms with Crippen molar-refractivity contribution in [2.24, 2.45) is 0 Å². The Morgan fingerprint density at radius 1 is 1.05 bits per heavy atom. The number of hydrogen-bond donors (Lipinski definition) is 0. The van der Waals surface area contributed by atoms with E-state index in [2.05, 4.69) is 0 Å². The highest BCUT2D eigenvalue weighted by molar-refractivity contribution is 5.81. The van der Waals surface area contributed by atoms with Gasteiger partial charge in [0, 0.05) is 11.1 Å². The van der Waals surface area contributed by atoms with Crippen molar-refractivity contribution in [3.05, 3.63) is 53.8 Å². The van der Waals surface area contributed by atoms with Gasteiger partial charge in [-0.2, -0.15) is 0 Å². The third-order valence-corrected chi connectivity index (χ3v) is 3.89. The van der Waals surface area contributed by atoms with E-state index in [0.29, 0.717) is 5.56 Å². The number of carbonyl (C=O) groups excluding carboxylic acids is 1. The molecule has 2 aromatic rings. The van der Waals surface area contributed by atoms with E-state index in [1.165, 1.54) is 25.0 Å². The summed E-state index contributed by atoms with van der Waals surface area (Å²) in [5.41, 5.74) is 2.28. The topological polar surface area (TPSA) is 26.3 Å². The van der Waals surface area contributed by atoms with Gasteiger partial charge < -0.3 is 4.74 Å². The largest absolute Gasteiger partial charge is 0.490 e. The molecule has 0 heterocycles. The molecule has 0 aromatic heterocycles. The second-order valence-corrected chi connectivity index (χ2v) is 5.40. The molecule has 0 bridgehead atoms. The Morgan fingerprint density at radius 2 is 1.76 bits per heavy atom. The lowest BCUT2D eigenvalue weighted by molar-refractivity contribution is 0.112. The van der Waals surface area contributed by atoms with Gasteiger partial charge >= 0.3 is 0 Å². The molecule has 21 heavy (non-hydrogen) atoms. The highest BCUT2D eigenvalue weighted by atomic mass is 19.1. The number of aldehydes is 1. The zero-order chi connectivity index (χ0) is 14.7. The molecule has 2 nitrogen and oxygen atoms in total. The fourth-order valence-electron chi connectivity index (χ4n) is 2.76. The number of halogens is 1. The third kappa shape index (κ3) is 3.13. The normalized spacial score (nSPS) is 15.1. The minimum Gasteiger partial charge on any atom is -0.490 e. The molecule has 0 amide bonds. The van der Waals surface area contributed by atoms with Crippen molar-refractivity contribution in [3.8, 4) is 16.9 Å². The number of ether oxygens (including phenoxy) is 1. The Morgan fingerprint density at radius 3 is 2.43 bits per heavy atom. The molecule has 0 saturated heterocycles. The van der Waals surface area contributed by atoms with Gasteiger partial charge in [0.1, 0.15) is 17.9 Å². The first-order chi connectivity index (χ1) is 10.3. The summed E-state index contributed by atoms with van der Waals surface area (Å²) < 4.78 is 19.2. The van der Waals surface area contributed by atoms with E-state index in [1.807, 2.05) is 6.07 Å². The van der Waals surface area contributed by atoms with Gasteiger partial charge in [0.15, 0.2) is 0 Å². The van der Waals surface area contributed by atoms with Crippen LogP contribution in [0.5, 0.6) is 5.75 Å². The van der Waals surface area contributed by atoms with Crippen molar-refractivity contribution < 1.29 is 13.9 Å². The van der Waals surface area contributed by atoms with Crippen LogP contribution in [0.15, 0.2) is 42.5 Å². The van der Waals surface area contributed by atoms with Gasteiger partial charge in [0.25, 0.3) is 0 Å². The molecule has 108 valence electrons. The Hall–Kier alpha value is -2.16. The van der Waals surface area contributed by atoms with Crippen molar-refractivity contribution in [1.29, 1.82) is 0 Å². The number of benzene rings is 2. The van der Waals surface area contributed by atoms with Crippen LogP contribution in [-0.4, -0.2) is 12.4 Å². The maximum atomic E-state index is 13.1. The van der Waals surface area contributed by atoms with E-state index in [0.717, 1.165) is 36.0 Å². The van der Waals surface area contributed by atoms with E-state index in [4.69, 9.17) is 4.74 Å². The molecule has 0 spiro atoms. The molecule has 1 fully saturated rings. The van der Waals surface area contributed by atoms with Crippen molar-refractivity contribution >= 4 is 6.29 Å². The Kier molecular flexibility index (Phi) is 4.00. The van der Waals surface area contributed by atoms with E-state index in [-0.39, 0.29) is 11.9 Å². The minimum absolute atomic E-state index is 0.242. The first kappa shape index (κ1) is 13.8. The first-order valence-corrected chi connectivity index (χ1v) is 7.28. The predicted molar refractivity (Wildman–Crippen MR) is 80.1 cm³/mol. The lowest BCUT2D eigenvalue weighted by Crippen LogP contribution is -2.11. The Labute approximate surface area is 123 Å². The zero-order valence-electron chi connectivity index (χ0n) is 11.7. The molecule has 0 N–H and O–H groups in total. The van der Waals surface area contributed by atoms with Crippen molar-refractivity contribution in [2.75, 3.05) is 0 Å². The monoisotopic (exact) mass is 284 g/mol. The van der Waals surface area contributed by atoms with E-state index >= 15 is 0 Å². The summed E-state index contributed by atoms with van der Waals surface area (Å²) in [6.45, 7) is 0. The second-order valence-electron chi connectivity index (χ2n) is 5.40. The average Bonchev–Trinajstić information content (AvgIpc) is 3.02. The summed E-state index contributed by atoms with van der Waals surface area (Å²) in [6.07, 6.45) is 5.58. The van der Waals surface area contributed by atoms with Gasteiger partial charge in [-0.25, -0.2) is 4.39 Å². The molecule has 1 aliphatic carbocycles. The predicted octanol–water partition coefficient (Wildman–Crippen LogP) is 4.63. The molecule has 2 aromatic carbocycles. The molecule has 0 atom stereocenters. The van der Waals surface area contributed by atoms with E-state index in [1.54, 1.807) is 24.3 Å². The highest BCUT2D eigenvalue weighted by Crippen LogP contribution is 2.34. The average molecular weight is 284 g/mol. The lowest BCUT2D eigenvalue weighted by Gasteiger charge is -2.17. The van der Waals surface area contributed by atoms with Crippen molar-refractivity contribution in [2.45, 2.75) is 31.8 Å². The van der Waals surface area contributed by atoms with Crippen LogP contribution >= 0.6 is 0 Å². The molecule has 3 heteroatoms. The Balaban J connectivity index is 1.98. The van der Waals surface area contributed by atoms with E-state index in [9.17, 15) is 9.18 Å². The molecule has 0 radical (unpaired) electrons. The van der Waals surface area contributed by atoms with E-state index < -0.39 is 0 Å². The first-order valence-electron chi connectivity index (χ1n) is 7.28. The molecule has 0 unspecified atom stereocenters. The maximum absolute atomic E-state index is 13.1. The van der Waals surface area contributed by atoms with Crippen LogP contribution in [0.4, 0.5) is 4.39 Å². The third-order valence-electron chi connectivity index (χ3n) is 3.89. The standard InChI is InChI=1S/C18H17FO2/c19-15-8-6-14(7-9-15)17-11-13(12-20)5-10-18(17)21-16-3-1-2-4-16/h5-12,16H,1-4H2. The highest BCUT2D eigenvalue weighted by Gasteiger charge is 2.18. The fraction of sp³-hybridized carbons (Fsp3) is 0.278. The molecule has 1 saturated carbocycles. The number of rotatable bonds is 4. The van der Waals surface area contributed by atoms with Gasteiger partial charge in [0.2, 0.25) is 0 Å². The van der Waals surface area contributed by atoms with Crippen LogP contribution in [0.25, 0.3) is 11.1 Å². The van der Waals surface area contributed by atoms with Gasteiger partial charge in [-0.15, -0.1) is 0 Å². The smallest absolute Gasteiger partial charge is 0.150 e. The van der Waals surface area contributed by atoms with Gasteiger partial charge in [0.05, 0.1) is 6.10 Å². The summed E-state index contributed by atoms with van der Waals surface area (Å²) in [5, 5.41) is 0. The second kappa shape index (κ2) is 6.08. The van der Waals surface area contributed by atoms with Crippen LogP contribution in [0.1, 0.15) is 36.0 Å². The molecular weight excluding hydrogens is 267 g/mol. The van der Waals surface area contributed by atoms with Crippen LogP contribution in [-0.2, 0) is 0 Å². The van der Waals surface area contributed by atoms with Crippen LogP contribution in [0.2, 0.25) is 0 Å². The van der Waals surface area contributed by atoms with Crippen LogP contribution in [0, 0.1) is 5.82 Å². The summed E-state index contributed by atoms with van der Waals surface area (Å²) >= 11 is 0. The summed E-state index contributed by atoms with van der Waals surface area (Å²) in [5.74, 6) is 0.489. The van der Waals surface area contributed by atoms with Crippen molar-refractivity contribution in [3.63, 3.8) is 0 Å². The quantitative estimate of drug-likeness (QED) is 0.765. The van der Waals surface area contributed by atoms with Crippen LogP contribution < -0.4 is 4.74 Å². The summed E-state index contributed by atoms with van der Waals surface area (Å²) in [7, 11) is 0. The SMILES string of the molecule is O=Cc1ccc(OC2CCCC2)c(-c2ccc(F)cc2)c1.